The van der Waals surface area contributed by atoms with Crippen LogP contribution in [0.1, 0.15) is 18.1 Å². The summed E-state index contributed by atoms with van der Waals surface area (Å²) in [5.74, 6) is 0.494. The molecule has 5 heteroatoms. The van der Waals surface area contributed by atoms with E-state index >= 15 is 0 Å². The zero-order valence-corrected chi connectivity index (χ0v) is 17.4. The number of benzene rings is 3. The van der Waals surface area contributed by atoms with E-state index in [2.05, 4.69) is 30.4 Å². The molecule has 1 amide bonds. The lowest BCUT2D eigenvalue weighted by molar-refractivity contribution is -0.122. The van der Waals surface area contributed by atoms with Crippen LogP contribution < -0.4 is 10.1 Å². The van der Waals surface area contributed by atoms with Gasteiger partial charge in [-0.1, -0.05) is 23.8 Å². The van der Waals surface area contributed by atoms with Gasteiger partial charge in [0.1, 0.15) is 10.8 Å². The lowest BCUT2D eigenvalue weighted by Crippen LogP contribution is -2.30. The standard InChI is InChI=1S/C24H22N2O2S/c1-15-4-11-20(12-5-15)28-17(3)23(27)25-19-9-7-18(8-10-19)24-26-21-13-6-16(2)14-22(21)29-24/h4-14,17H,1-3H3,(H,25,27)/t17-/m1/s1. The van der Waals surface area contributed by atoms with Gasteiger partial charge in [0.2, 0.25) is 0 Å². The van der Waals surface area contributed by atoms with Crippen LogP contribution in [0.4, 0.5) is 5.69 Å². The number of thiazole rings is 1. The van der Waals surface area contributed by atoms with E-state index in [4.69, 9.17) is 9.72 Å². The molecule has 1 N–H and O–H groups in total. The van der Waals surface area contributed by atoms with Crippen LogP contribution in [0, 0.1) is 13.8 Å². The van der Waals surface area contributed by atoms with Crippen LogP contribution in [0.5, 0.6) is 5.75 Å². The molecule has 0 radical (unpaired) electrons. The SMILES string of the molecule is Cc1ccc(O[C@H](C)C(=O)Nc2ccc(-c3nc4ccc(C)cc4s3)cc2)cc1. The lowest BCUT2D eigenvalue weighted by Gasteiger charge is -2.15. The predicted molar refractivity (Wildman–Crippen MR) is 120 cm³/mol. The molecule has 4 aromatic rings. The zero-order valence-electron chi connectivity index (χ0n) is 16.6. The van der Waals surface area contributed by atoms with E-state index in [1.54, 1.807) is 18.3 Å². The summed E-state index contributed by atoms with van der Waals surface area (Å²) in [5, 5.41) is 3.88. The van der Waals surface area contributed by atoms with Gasteiger partial charge >= 0.3 is 0 Å². The Kier molecular flexibility index (Phi) is 5.32. The highest BCUT2D eigenvalue weighted by Gasteiger charge is 2.15. The maximum Gasteiger partial charge on any atom is 0.265 e. The minimum Gasteiger partial charge on any atom is -0.481 e. The third-order valence-electron chi connectivity index (χ3n) is 4.65. The Labute approximate surface area is 174 Å². The second-order valence-electron chi connectivity index (χ2n) is 7.13. The van der Waals surface area contributed by atoms with E-state index in [0.717, 1.165) is 27.3 Å². The second kappa shape index (κ2) is 8.05. The topological polar surface area (TPSA) is 51.2 Å². The molecule has 0 aliphatic rings. The normalized spacial score (nSPS) is 12.0. The number of fused-ring (bicyclic) bond motifs is 1. The number of hydrogen-bond donors (Lipinski definition) is 1. The molecule has 1 heterocycles. The number of hydrogen-bond acceptors (Lipinski definition) is 4. The molecule has 0 unspecified atom stereocenters. The molecule has 0 aliphatic heterocycles. The van der Waals surface area contributed by atoms with Crippen molar-refractivity contribution in [2.75, 3.05) is 5.32 Å². The third kappa shape index (κ3) is 4.46. The monoisotopic (exact) mass is 402 g/mol. The molecule has 29 heavy (non-hydrogen) atoms. The molecule has 0 saturated heterocycles. The Morgan fingerprint density at radius 1 is 0.966 bits per heavy atom. The van der Waals surface area contributed by atoms with E-state index in [1.807, 2.05) is 55.5 Å². The number of nitrogens with one attached hydrogen (secondary N) is 1. The van der Waals surface area contributed by atoms with Gasteiger partial charge in [-0.2, -0.15) is 0 Å². The molecule has 3 aromatic carbocycles. The van der Waals surface area contributed by atoms with Crippen molar-refractivity contribution in [1.29, 1.82) is 0 Å². The van der Waals surface area contributed by atoms with Crippen LogP contribution in [0.15, 0.2) is 66.7 Å². The molecular formula is C24H22N2O2S. The van der Waals surface area contributed by atoms with Gasteiger partial charge in [-0.05, 0) is 74.9 Å². The van der Waals surface area contributed by atoms with Crippen LogP contribution in [-0.4, -0.2) is 17.0 Å². The summed E-state index contributed by atoms with van der Waals surface area (Å²) in [6.45, 7) is 5.84. The molecule has 1 atom stereocenters. The fourth-order valence-corrected chi connectivity index (χ4v) is 4.04. The highest BCUT2D eigenvalue weighted by atomic mass is 32.1. The van der Waals surface area contributed by atoms with Gasteiger partial charge in [0, 0.05) is 11.3 Å². The van der Waals surface area contributed by atoms with Crippen molar-refractivity contribution >= 4 is 33.1 Å². The largest absolute Gasteiger partial charge is 0.481 e. The fourth-order valence-electron chi connectivity index (χ4n) is 2.97. The van der Waals surface area contributed by atoms with Crippen molar-refractivity contribution in [3.8, 4) is 16.3 Å². The van der Waals surface area contributed by atoms with Gasteiger partial charge in [0.25, 0.3) is 5.91 Å². The van der Waals surface area contributed by atoms with Crippen LogP contribution >= 0.6 is 11.3 Å². The number of ether oxygens (including phenoxy) is 1. The van der Waals surface area contributed by atoms with Crippen LogP contribution in [0.25, 0.3) is 20.8 Å². The molecular weight excluding hydrogens is 380 g/mol. The van der Waals surface area contributed by atoms with E-state index in [1.165, 1.54) is 10.3 Å². The third-order valence-corrected chi connectivity index (χ3v) is 5.71. The number of aryl methyl sites for hydroxylation is 2. The summed E-state index contributed by atoms with van der Waals surface area (Å²) < 4.78 is 6.90. The van der Waals surface area contributed by atoms with Crippen molar-refractivity contribution in [2.24, 2.45) is 0 Å². The number of anilines is 1. The maximum absolute atomic E-state index is 12.4. The zero-order chi connectivity index (χ0) is 20.4. The minimum atomic E-state index is -0.593. The quantitative estimate of drug-likeness (QED) is 0.446. The van der Waals surface area contributed by atoms with Gasteiger partial charge < -0.3 is 10.1 Å². The Bertz CT molecular complexity index is 1150. The summed E-state index contributed by atoms with van der Waals surface area (Å²) in [7, 11) is 0. The van der Waals surface area contributed by atoms with Crippen molar-refractivity contribution in [3.05, 3.63) is 77.9 Å². The lowest BCUT2D eigenvalue weighted by atomic mass is 10.2. The summed E-state index contributed by atoms with van der Waals surface area (Å²) in [5.41, 5.74) is 5.15. The summed E-state index contributed by atoms with van der Waals surface area (Å²) in [6.07, 6.45) is -0.593. The number of amides is 1. The van der Waals surface area contributed by atoms with Gasteiger partial charge in [-0.15, -0.1) is 11.3 Å². The van der Waals surface area contributed by atoms with E-state index in [9.17, 15) is 4.79 Å². The van der Waals surface area contributed by atoms with Crippen LogP contribution in [0.3, 0.4) is 0 Å². The molecule has 0 spiro atoms. The second-order valence-corrected chi connectivity index (χ2v) is 8.16. The predicted octanol–water partition coefficient (Wildman–Crippen LogP) is 5.99. The van der Waals surface area contributed by atoms with E-state index in [-0.39, 0.29) is 5.91 Å². The number of carbonyl (C=O) groups is 1. The summed E-state index contributed by atoms with van der Waals surface area (Å²) in [6, 6.07) is 21.7. The highest BCUT2D eigenvalue weighted by Crippen LogP contribution is 2.31. The summed E-state index contributed by atoms with van der Waals surface area (Å²) >= 11 is 1.67. The first-order valence-electron chi connectivity index (χ1n) is 9.50. The molecule has 0 saturated carbocycles. The van der Waals surface area contributed by atoms with Crippen LogP contribution in [-0.2, 0) is 4.79 Å². The first-order chi connectivity index (χ1) is 14.0. The number of nitrogens with zero attached hydrogens (tertiary/aromatic N) is 1. The van der Waals surface area contributed by atoms with Gasteiger partial charge in [0.15, 0.2) is 6.10 Å². The van der Waals surface area contributed by atoms with Crippen molar-refractivity contribution in [1.82, 2.24) is 4.98 Å². The number of rotatable bonds is 5. The van der Waals surface area contributed by atoms with E-state index < -0.39 is 6.10 Å². The molecule has 4 nitrogen and oxygen atoms in total. The van der Waals surface area contributed by atoms with Gasteiger partial charge in [0.05, 0.1) is 10.2 Å². The first kappa shape index (κ1) is 19.2. The Morgan fingerprint density at radius 3 is 2.38 bits per heavy atom. The Balaban J connectivity index is 1.43. The smallest absolute Gasteiger partial charge is 0.265 e. The number of aromatic nitrogens is 1. The van der Waals surface area contributed by atoms with Gasteiger partial charge in [-0.3, -0.25) is 4.79 Å². The minimum absolute atomic E-state index is 0.186. The van der Waals surface area contributed by atoms with Crippen molar-refractivity contribution in [3.63, 3.8) is 0 Å². The molecule has 0 aliphatic carbocycles. The molecule has 1 aromatic heterocycles. The fraction of sp³-hybridized carbons (Fsp3) is 0.167. The first-order valence-corrected chi connectivity index (χ1v) is 10.3. The Hall–Kier alpha value is -3.18. The highest BCUT2D eigenvalue weighted by molar-refractivity contribution is 7.21. The molecule has 0 fully saturated rings. The number of carbonyl (C=O) groups excluding carboxylic acids is 1. The average Bonchev–Trinajstić information content (AvgIpc) is 3.13. The molecule has 0 bridgehead atoms. The summed E-state index contributed by atoms with van der Waals surface area (Å²) in [4.78, 5) is 17.1. The molecule has 146 valence electrons. The van der Waals surface area contributed by atoms with Crippen LogP contribution in [0.2, 0.25) is 0 Å². The average molecular weight is 403 g/mol. The maximum atomic E-state index is 12.4. The van der Waals surface area contributed by atoms with E-state index in [0.29, 0.717) is 5.75 Å². The van der Waals surface area contributed by atoms with Crippen molar-refractivity contribution < 1.29 is 9.53 Å². The van der Waals surface area contributed by atoms with Gasteiger partial charge in [-0.25, -0.2) is 4.98 Å². The molecule has 4 rings (SSSR count). The Morgan fingerprint density at radius 2 is 1.66 bits per heavy atom. The van der Waals surface area contributed by atoms with Crippen molar-refractivity contribution in [2.45, 2.75) is 26.9 Å².